The molecular formula is C15H15N5O2S2. The van der Waals surface area contributed by atoms with E-state index in [1.807, 2.05) is 18.2 Å². The van der Waals surface area contributed by atoms with Crippen LogP contribution in [0.25, 0.3) is 0 Å². The molecule has 0 aliphatic heterocycles. The highest BCUT2D eigenvalue weighted by Crippen LogP contribution is 2.29. The average Bonchev–Trinajstić information content (AvgIpc) is 3.25. The number of carbonyl (C=O) groups is 1. The van der Waals surface area contributed by atoms with E-state index in [9.17, 15) is 4.79 Å². The monoisotopic (exact) mass is 361 g/mol. The van der Waals surface area contributed by atoms with E-state index in [4.69, 9.17) is 0 Å². The number of anilines is 3. The molecular weight excluding hydrogens is 346 g/mol. The molecule has 0 unspecified atom stereocenters. The van der Waals surface area contributed by atoms with E-state index in [-0.39, 0.29) is 11.7 Å². The molecule has 0 spiro atoms. The number of aromatic nitrogens is 3. The molecule has 1 amide bonds. The summed E-state index contributed by atoms with van der Waals surface area (Å²) in [6.45, 7) is 2.11. The van der Waals surface area contributed by atoms with Crippen LogP contribution in [0.3, 0.4) is 0 Å². The minimum Gasteiger partial charge on any atom is -0.363 e. The summed E-state index contributed by atoms with van der Waals surface area (Å²) < 4.78 is 5.38. The zero-order chi connectivity index (χ0) is 16.8. The molecule has 0 saturated heterocycles. The average molecular weight is 361 g/mol. The SMILES string of the molecule is CCc1ccccc1Nc1nnc(SCC(=O)Nc2ccon2)s1. The number of hydrogen-bond acceptors (Lipinski definition) is 8. The van der Waals surface area contributed by atoms with E-state index in [1.165, 1.54) is 34.9 Å². The molecule has 2 N–H and O–H groups in total. The standard InChI is InChI=1S/C15H15N5O2S2/c1-2-10-5-3-4-6-11(10)16-14-18-19-15(24-14)23-9-13(21)17-12-7-8-22-20-12/h3-8H,2,9H2,1H3,(H,16,18)(H,17,20,21). The van der Waals surface area contributed by atoms with Crippen molar-refractivity contribution in [2.24, 2.45) is 0 Å². The minimum atomic E-state index is -0.171. The molecule has 24 heavy (non-hydrogen) atoms. The number of carbonyl (C=O) groups excluding carboxylic acids is 1. The van der Waals surface area contributed by atoms with Crippen LogP contribution in [-0.4, -0.2) is 27.0 Å². The molecule has 7 nitrogen and oxygen atoms in total. The highest BCUT2D eigenvalue weighted by Gasteiger charge is 2.10. The summed E-state index contributed by atoms with van der Waals surface area (Å²) in [6.07, 6.45) is 2.34. The second-order valence-electron chi connectivity index (χ2n) is 4.73. The summed E-state index contributed by atoms with van der Waals surface area (Å²) in [5.74, 6) is 0.457. The van der Waals surface area contributed by atoms with Crippen molar-refractivity contribution in [2.45, 2.75) is 17.7 Å². The first-order valence-corrected chi connectivity index (χ1v) is 9.06. The van der Waals surface area contributed by atoms with Gasteiger partial charge in [-0.25, -0.2) is 0 Å². The van der Waals surface area contributed by atoms with Gasteiger partial charge in [-0.2, -0.15) is 0 Å². The Morgan fingerprint density at radius 1 is 1.29 bits per heavy atom. The molecule has 3 aromatic rings. The number of para-hydroxylation sites is 1. The van der Waals surface area contributed by atoms with E-state index in [0.717, 1.165) is 16.4 Å². The van der Waals surface area contributed by atoms with Gasteiger partial charge in [0.2, 0.25) is 11.0 Å². The summed E-state index contributed by atoms with van der Waals surface area (Å²) in [5, 5.41) is 18.4. The number of rotatable bonds is 7. The lowest BCUT2D eigenvalue weighted by atomic mass is 10.1. The zero-order valence-electron chi connectivity index (χ0n) is 12.9. The second kappa shape index (κ2) is 7.93. The Hall–Kier alpha value is -2.39. The van der Waals surface area contributed by atoms with Gasteiger partial charge >= 0.3 is 0 Å². The highest BCUT2D eigenvalue weighted by atomic mass is 32.2. The second-order valence-corrected chi connectivity index (χ2v) is 6.93. The van der Waals surface area contributed by atoms with Crippen LogP contribution in [0.5, 0.6) is 0 Å². The molecule has 0 saturated carbocycles. The Balaban J connectivity index is 1.54. The molecule has 9 heteroatoms. The predicted molar refractivity (Wildman–Crippen MR) is 94.9 cm³/mol. The maximum atomic E-state index is 11.8. The Kier molecular flexibility index (Phi) is 5.44. The van der Waals surface area contributed by atoms with Crippen LogP contribution in [0, 0.1) is 0 Å². The van der Waals surface area contributed by atoms with Crippen LogP contribution >= 0.6 is 23.1 Å². The van der Waals surface area contributed by atoms with Crippen LogP contribution in [0.1, 0.15) is 12.5 Å². The van der Waals surface area contributed by atoms with Gasteiger partial charge in [0.05, 0.1) is 5.75 Å². The van der Waals surface area contributed by atoms with Gasteiger partial charge in [0.1, 0.15) is 6.26 Å². The third-order valence-corrected chi connectivity index (χ3v) is 5.05. The molecule has 0 bridgehead atoms. The van der Waals surface area contributed by atoms with Gasteiger partial charge in [-0.15, -0.1) is 10.2 Å². The summed E-state index contributed by atoms with van der Waals surface area (Å²) >= 11 is 2.74. The topological polar surface area (TPSA) is 92.9 Å². The fourth-order valence-electron chi connectivity index (χ4n) is 1.97. The zero-order valence-corrected chi connectivity index (χ0v) is 14.5. The van der Waals surface area contributed by atoms with Gasteiger partial charge in [-0.1, -0.05) is 53.4 Å². The predicted octanol–water partition coefficient (Wildman–Crippen LogP) is 3.56. The third-order valence-electron chi connectivity index (χ3n) is 3.08. The van der Waals surface area contributed by atoms with Gasteiger partial charge in [-0.05, 0) is 18.1 Å². The normalized spacial score (nSPS) is 10.5. The summed E-state index contributed by atoms with van der Waals surface area (Å²) in [7, 11) is 0. The molecule has 124 valence electrons. The van der Waals surface area contributed by atoms with Gasteiger partial charge < -0.3 is 15.2 Å². The lowest BCUT2D eigenvalue weighted by molar-refractivity contribution is -0.113. The van der Waals surface area contributed by atoms with Crippen LogP contribution < -0.4 is 10.6 Å². The van der Waals surface area contributed by atoms with E-state index < -0.39 is 0 Å². The molecule has 0 atom stereocenters. The maximum Gasteiger partial charge on any atom is 0.236 e. The van der Waals surface area contributed by atoms with Crippen molar-refractivity contribution in [1.82, 2.24) is 15.4 Å². The van der Waals surface area contributed by atoms with E-state index in [2.05, 4.69) is 43.5 Å². The molecule has 2 aromatic heterocycles. The maximum absolute atomic E-state index is 11.8. The number of nitrogens with one attached hydrogen (secondary N) is 2. The van der Waals surface area contributed by atoms with Crippen molar-refractivity contribution >= 4 is 45.6 Å². The lowest BCUT2D eigenvalue weighted by Crippen LogP contribution is -2.14. The molecule has 0 radical (unpaired) electrons. The van der Waals surface area contributed by atoms with Gasteiger partial charge in [0.25, 0.3) is 0 Å². The fourth-order valence-corrected chi connectivity index (χ4v) is 3.53. The van der Waals surface area contributed by atoms with E-state index in [0.29, 0.717) is 10.9 Å². The summed E-state index contributed by atoms with van der Waals surface area (Å²) in [5.41, 5.74) is 2.24. The Morgan fingerprint density at radius 3 is 2.96 bits per heavy atom. The number of thioether (sulfide) groups is 1. The first-order valence-electron chi connectivity index (χ1n) is 7.26. The van der Waals surface area contributed by atoms with Crippen molar-refractivity contribution in [3.05, 3.63) is 42.2 Å². The molecule has 0 aliphatic carbocycles. The van der Waals surface area contributed by atoms with Crippen LogP contribution in [0.4, 0.5) is 16.6 Å². The largest absolute Gasteiger partial charge is 0.363 e. The summed E-state index contributed by atoms with van der Waals surface area (Å²) in [6, 6.07) is 9.66. The Bertz CT molecular complexity index is 804. The van der Waals surface area contributed by atoms with Gasteiger partial charge in [-0.3, -0.25) is 4.79 Å². The number of amides is 1. The first-order chi connectivity index (χ1) is 11.7. The minimum absolute atomic E-state index is 0.171. The van der Waals surface area contributed by atoms with E-state index in [1.54, 1.807) is 6.07 Å². The number of nitrogens with zero attached hydrogens (tertiary/aromatic N) is 3. The quantitative estimate of drug-likeness (QED) is 0.621. The molecule has 0 fully saturated rings. The van der Waals surface area contributed by atoms with Crippen molar-refractivity contribution < 1.29 is 9.32 Å². The summed E-state index contributed by atoms with van der Waals surface area (Å²) in [4.78, 5) is 11.8. The van der Waals surface area contributed by atoms with E-state index >= 15 is 0 Å². The Labute approximate surface area is 146 Å². The molecule has 2 heterocycles. The molecule has 3 rings (SSSR count). The van der Waals surface area contributed by atoms with Crippen molar-refractivity contribution in [3.63, 3.8) is 0 Å². The van der Waals surface area contributed by atoms with Crippen molar-refractivity contribution in [1.29, 1.82) is 0 Å². The molecule has 1 aromatic carbocycles. The van der Waals surface area contributed by atoms with Crippen LogP contribution in [-0.2, 0) is 11.2 Å². The first kappa shape index (κ1) is 16.5. The Morgan fingerprint density at radius 2 is 2.17 bits per heavy atom. The van der Waals surface area contributed by atoms with Crippen molar-refractivity contribution in [2.75, 3.05) is 16.4 Å². The number of benzene rings is 1. The molecule has 0 aliphatic rings. The smallest absolute Gasteiger partial charge is 0.236 e. The fraction of sp³-hybridized carbons (Fsp3) is 0.200. The van der Waals surface area contributed by atoms with Gasteiger partial charge in [0.15, 0.2) is 10.2 Å². The lowest BCUT2D eigenvalue weighted by Gasteiger charge is -2.06. The third kappa shape index (κ3) is 4.33. The highest BCUT2D eigenvalue weighted by molar-refractivity contribution is 8.01. The van der Waals surface area contributed by atoms with Crippen LogP contribution in [0.2, 0.25) is 0 Å². The van der Waals surface area contributed by atoms with Crippen molar-refractivity contribution in [3.8, 4) is 0 Å². The number of aryl methyl sites for hydroxylation is 1. The number of hydrogen-bond donors (Lipinski definition) is 2. The van der Waals surface area contributed by atoms with Crippen LogP contribution in [0.15, 0.2) is 45.5 Å². The van der Waals surface area contributed by atoms with Gasteiger partial charge in [0, 0.05) is 11.8 Å².